The number of rotatable bonds is 3. The van der Waals surface area contributed by atoms with Gasteiger partial charge in [-0.2, -0.15) is 0 Å². The second-order valence-electron chi connectivity index (χ2n) is 3.23. The van der Waals surface area contributed by atoms with Gasteiger partial charge in [-0.1, -0.05) is 23.2 Å². The third-order valence-electron chi connectivity index (χ3n) is 1.91. The van der Waals surface area contributed by atoms with Crippen LogP contribution in [-0.4, -0.2) is 18.5 Å². The minimum absolute atomic E-state index is 0. The van der Waals surface area contributed by atoms with E-state index >= 15 is 0 Å². The maximum Gasteiger partial charge on any atom is 0.253 e. The van der Waals surface area contributed by atoms with Gasteiger partial charge < -0.3 is 11.1 Å². The third kappa shape index (κ3) is 4.18. The highest BCUT2D eigenvalue weighted by molar-refractivity contribution is 6.36. The zero-order valence-corrected chi connectivity index (χ0v) is 11.0. The highest BCUT2D eigenvalue weighted by Gasteiger charge is 2.12. The fraction of sp³-hybridized carbons (Fsp3) is 0.300. The van der Waals surface area contributed by atoms with Crippen molar-refractivity contribution in [2.75, 3.05) is 6.54 Å². The summed E-state index contributed by atoms with van der Waals surface area (Å²) in [6.07, 6.45) is 0. The predicted molar refractivity (Wildman–Crippen MR) is 69.7 cm³/mol. The van der Waals surface area contributed by atoms with Gasteiger partial charge in [-0.15, -0.1) is 12.4 Å². The van der Waals surface area contributed by atoms with Crippen LogP contribution in [0.1, 0.15) is 17.3 Å². The number of carbonyl (C=O) groups is 1. The summed E-state index contributed by atoms with van der Waals surface area (Å²) in [5.74, 6) is -0.241. The Hall–Kier alpha value is -0.480. The van der Waals surface area contributed by atoms with Gasteiger partial charge in [-0.25, -0.2) is 0 Å². The molecule has 0 aliphatic rings. The van der Waals surface area contributed by atoms with Gasteiger partial charge in [0.25, 0.3) is 5.91 Å². The van der Waals surface area contributed by atoms with E-state index in [1.54, 1.807) is 12.1 Å². The van der Waals surface area contributed by atoms with Gasteiger partial charge in [0, 0.05) is 17.6 Å². The number of amides is 1. The molecule has 16 heavy (non-hydrogen) atoms. The molecular formula is C10H13Cl3N2O. The second-order valence-corrected chi connectivity index (χ2v) is 4.08. The number of hydrogen-bond donors (Lipinski definition) is 2. The van der Waals surface area contributed by atoms with Crippen LogP contribution in [0.2, 0.25) is 10.0 Å². The summed E-state index contributed by atoms with van der Waals surface area (Å²) >= 11 is 11.6. The molecule has 3 nitrogen and oxygen atoms in total. The van der Waals surface area contributed by atoms with Crippen LogP contribution in [-0.2, 0) is 0 Å². The number of hydrogen-bond acceptors (Lipinski definition) is 2. The molecule has 0 aliphatic carbocycles. The maximum atomic E-state index is 11.7. The standard InChI is InChI=1S/C10H12Cl2N2O.ClH/c1-6(5-13)14-10(15)8-3-2-7(11)4-9(8)12;/h2-4,6H,5,13H2,1H3,(H,14,15);1H/t6-;/m0./s1. The Balaban J connectivity index is 0.00000225. The first-order valence-electron chi connectivity index (χ1n) is 4.50. The first-order valence-corrected chi connectivity index (χ1v) is 5.26. The highest BCUT2D eigenvalue weighted by Crippen LogP contribution is 2.20. The van der Waals surface area contributed by atoms with Crippen molar-refractivity contribution in [3.05, 3.63) is 33.8 Å². The Morgan fingerprint density at radius 2 is 2.12 bits per heavy atom. The van der Waals surface area contributed by atoms with Crippen LogP contribution in [0.15, 0.2) is 18.2 Å². The monoisotopic (exact) mass is 282 g/mol. The normalized spacial score (nSPS) is 11.5. The van der Waals surface area contributed by atoms with Crippen LogP contribution in [0.4, 0.5) is 0 Å². The van der Waals surface area contributed by atoms with E-state index in [4.69, 9.17) is 28.9 Å². The molecule has 0 bridgehead atoms. The van der Waals surface area contributed by atoms with E-state index in [1.165, 1.54) is 6.07 Å². The van der Waals surface area contributed by atoms with Gasteiger partial charge in [0.15, 0.2) is 0 Å². The molecule has 0 radical (unpaired) electrons. The zero-order chi connectivity index (χ0) is 11.4. The fourth-order valence-electron chi connectivity index (χ4n) is 1.03. The van der Waals surface area contributed by atoms with Gasteiger partial charge in [-0.05, 0) is 25.1 Å². The minimum atomic E-state index is -0.241. The number of benzene rings is 1. The van der Waals surface area contributed by atoms with Crippen LogP contribution in [0, 0.1) is 0 Å². The van der Waals surface area contributed by atoms with Crippen LogP contribution in [0.5, 0.6) is 0 Å². The van der Waals surface area contributed by atoms with Crippen LogP contribution < -0.4 is 11.1 Å². The average Bonchev–Trinajstić information content (AvgIpc) is 2.17. The van der Waals surface area contributed by atoms with Crippen molar-refractivity contribution in [2.24, 2.45) is 5.73 Å². The fourth-order valence-corrected chi connectivity index (χ4v) is 1.53. The Morgan fingerprint density at radius 3 is 2.62 bits per heavy atom. The molecule has 0 spiro atoms. The number of halogens is 3. The SMILES string of the molecule is C[C@@H](CN)NC(=O)c1ccc(Cl)cc1Cl.Cl. The summed E-state index contributed by atoms with van der Waals surface area (Å²) in [5, 5.41) is 3.56. The van der Waals surface area contributed by atoms with Crippen LogP contribution in [0.3, 0.4) is 0 Å². The molecule has 0 heterocycles. The lowest BCUT2D eigenvalue weighted by molar-refractivity contribution is 0.0941. The third-order valence-corrected chi connectivity index (χ3v) is 2.45. The van der Waals surface area contributed by atoms with Gasteiger partial charge in [0.2, 0.25) is 0 Å². The molecule has 0 saturated carbocycles. The number of carbonyl (C=O) groups excluding carboxylic acids is 1. The van der Waals surface area contributed by atoms with E-state index in [9.17, 15) is 4.79 Å². The van der Waals surface area contributed by atoms with Gasteiger partial charge >= 0.3 is 0 Å². The molecular weight excluding hydrogens is 270 g/mol. The highest BCUT2D eigenvalue weighted by atomic mass is 35.5. The summed E-state index contributed by atoms with van der Waals surface area (Å²) in [7, 11) is 0. The molecule has 1 atom stereocenters. The maximum absolute atomic E-state index is 11.7. The second kappa shape index (κ2) is 6.97. The largest absolute Gasteiger partial charge is 0.348 e. The molecule has 1 amide bonds. The molecule has 0 fully saturated rings. The smallest absolute Gasteiger partial charge is 0.253 e. The summed E-state index contributed by atoms with van der Waals surface area (Å²) < 4.78 is 0. The van der Waals surface area contributed by atoms with Gasteiger partial charge in [-0.3, -0.25) is 4.79 Å². The molecule has 0 saturated heterocycles. The van der Waals surface area contributed by atoms with Crippen molar-refractivity contribution in [3.63, 3.8) is 0 Å². The van der Waals surface area contributed by atoms with E-state index in [2.05, 4.69) is 5.32 Å². The lowest BCUT2D eigenvalue weighted by Gasteiger charge is -2.12. The van der Waals surface area contributed by atoms with Crippen LogP contribution in [0.25, 0.3) is 0 Å². The van der Waals surface area contributed by atoms with Gasteiger partial charge in [0.05, 0.1) is 10.6 Å². The lowest BCUT2D eigenvalue weighted by atomic mass is 10.2. The molecule has 0 aromatic heterocycles. The van der Waals surface area contributed by atoms with Crippen molar-refractivity contribution >= 4 is 41.5 Å². The molecule has 1 aromatic carbocycles. The molecule has 1 rings (SSSR count). The molecule has 0 unspecified atom stereocenters. The first kappa shape index (κ1) is 15.5. The van der Waals surface area contributed by atoms with Gasteiger partial charge in [0.1, 0.15) is 0 Å². The Morgan fingerprint density at radius 1 is 1.50 bits per heavy atom. The summed E-state index contributed by atoms with van der Waals surface area (Å²) in [4.78, 5) is 11.7. The number of nitrogens with one attached hydrogen (secondary N) is 1. The topological polar surface area (TPSA) is 55.1 Å². The van der Waals surface area contributed by atoms with E-state index in [0.717, 1.165) is 0 Å². The van der Waals surface area contributed by atoms with E-state index in [0.29, 0.717) is 22.2 Å². The predicted octanol–water partition coefficient (Wildman–Crippen LogP) is 2.49. The Bertz CT molecular complexity index is 371. The summed E-state index contributed by atoms with van der Waals surface area (Å²) in [5.41, 5.74) is 5.80. The quantitative estimate of drug-likeness (QED) is 0.895. The summed E-state index contributed by atoms with van der Waals surface area (Å²) in [6, 6.07) is 4.66. The van der Waals surface area contributed by atoms with E-state index in [1.807, 2.05) is 6.92 Å². The molecule has 90 valence electrons. The molecule has 0 aliphatic heterocycles. The van der Waals surface area contributed by atoms with Crippen molar-refractivity contribution in [1.82, 2.24) is 5.32 Å². The average molecular weight is 284 g/mol. The van der Waals surface area contributed by atoms with Crippen molar-refractivity contribution in [1.29, 1.82) is 0 Å². The molecule has 3 N–H and O–H groups in total. The van der Waals surface area contributed by atoms with Crippen molar-refractivity contribution < 1.29 is 4.79 Å². The van der Waals surface area contributed by atoms with E-state index in [-0.39, 0.29) is 24.4 Å². The van der Waals surface area contributed by atoms with Crippen molar-refractivity contribution in [2.45, 2.75) is 13.0 Å². The minimum Gasteiger partial charge on any atom is -0.348 e. The first-order chi connectivity index (χ1) is 7.04. The van der Waals surface area contributed by atoms with E-state index < -0.39 is 0 Å². The Kier molecular flexibility index (Phi) is 6.76. The summed E-state index contributed by atoms with van der Waals surface area (Å²) in [6.45, 7) is 2.21. The number of nitrogens with two attached hydrogens (primary N) is 1. The van der Waals surface area contributed by atoms with Crippen LogP contribution >= 0.6 is 35.6 Å². The zero-order valence-electron chi connectivity index (χ0n) is 8.67. The van der Waals surface area contributed by atoms with Crippen molar-refractivity contribution in [3.8, 4) is 0 Å². The Labute approximate surface area is 111 Å². The lowest BCUT2D eigenvalue weighted by Crippen LogP contribution is -2.37. The molecule has 6 heteroatoms. The molecule has 1 aromatic rings.